The number of hydrogen-bond acceptors (Lipinski definition) is 9. The number of nitrogens with zero attached hydrogens (tertiary/aromatic N) is 1. The quantitative estimate of drug-likeness (QED) is 0.167. The molecule has 2 rings (SSSR count). The van der Waals surface area contributed by atoms with Crippen molar-refractivity contribution in [1.29, 1.82) is 0 Å². The fourth-order valence-electron chi connectivity index (χ4n) is 4.05. The molecule has 198 valence electrons. The number of nitro groups is 1. The molecule has 1 aromatic rings. The summed E-state index contributed by atoms with van der Waals surface area (Å²) in [5.41, 5.74) is 1.09. The molecule has 0 aliphatic carbocycles. The number of ether oxygens (including phenoxy) is 3. The number of dihydropyridines is 1. The molecule has 0 radical (unpaired) electrons. The van der Waals surface area contributed by atoms with Gasteiger partial charge >= 0.3 is 11.9 Å². The third kappa shape index (κ3) is 7.89. The third-order valence-electron chi connectivity index (χ3n) is 5.70. The summed E-state index contributed by atoms with van der Waals surface area (Å²) >= 11 is 0. The standard InChI is InChI=1S/C26H36N2O8/c1-17(2)34-15-16-36-26(31)23-19(4)27-18(3)22(25(30)35-14-10-6-5-9-13-29)24(23)20-11-7-8-12-21(20)28(32)33/h7-8,11-12,17,24,27,29H,5-6,9-10,13-16H2,1-4H3. The van der Waals surface area contributed by atoms with E-state index in [-0.39, 0.29) is 54.9 Å². The van der Waals surface area contributed by atoms with Crippen molar-refractivity contribution >= 4 is 17.6 Å². The first kappa shape index (κ1) is 29.0. The number of aliphatic hydroxyl groups excluding tert-OH is 1. The number of rotatable bonds is 14. The molecule has 10 heteroatoms. The highest BCUT2D eigenvalue weighted by Crippen LogP contribution is 2.42. The minimum atomic E-state index is -1.05. The zero-order valence-electron chi connectivity index (χ0n) is 21.4. The number of unbranched alkanes of at least 4 members (excludes halogenated alkanes) is 3. The van der Waals surface area contributed by atoms with Crippen molar-refractivity contribution in [3.8, 4) is 0 Å². The van der Waals surface area contributed by atoms with Gasteiger partial charge in [0.15, 0.2) is 0 Å². The van der Waals surface area contributed by atoms with E-state index in [1.54, 1.807) is 19.9 Å². The number of nitrogens with one attached hydrogen (secondary N) is 1. The Morgan fingerprint density at radius 2 is 1.56 bits per heavy atom. The molecule has 1 atom stereocenters. The van der Waals surface area contributed by atoms with Crippen LogP contribution in [-0.4, -0.2) is 54.5 Å². The molecule has 2 N–H and O–H groups in total. The molecule has 0 saturated carbocycles. The van der Waals surface area contributed by atoms with Gasteiger partial charge in [-0.3, -0.25) is 10.1 Å². The maximum absolute atomic E-state index is 13.2. The van der Waals surface area contributed by atoms with E-state index < -0.39 is 22.8 Å². The number of carbonyl (C=O) groups excluding carboxylic acids is 2. The van der Waals surface area contributed by atoms with Gasteiger partial charge in [-0.1, -0.05) is 24.6 Å². The molecule has 10 nitrogen and oxygen atoms in total. The van der Waals surface area contributed by atoms with Crippen molar-refractivity contribution in [3.63, 3.8) is 0 Å². The predicted octanol–water partition coefficient (Wildman–Crippen LogP) is 3.89. The van der Waals surface area contributed by atoms with Crippen LogP contribution in [0.15, 0.2) is 46.8 Å². The van der Waals surface area contributed by atoms with E-state index >= 15 is 0 Å². The summed E-state index contributed by atoms with van der Waals surface area (Å²) in [4.78, 5) is 37.8. The van der Waals surface area contributed by atoms with Gasteiger partial charge in [0.25, 0.3) is 5.69 Å². The first-order valence-electron chi connectivity index (χ1n) is 12.2. The van der Waals surface area contributed by atoms with Crippen LogP contribution >= 0.6 is 0 Å². The maximum Gasteiger partial charge on any atom is 0.336 e. The molecule has 1 aliphatic rings. The Bertz CT molecular complexity index is 999. The number of nitro benzene ring substituents is 1. The van der Waals surface area contributed by atoms with Crippen molar-refractivity contribution in [3.05, 3.63) is 62.5 Å². The third-order valence-corrected chi connectivity index (χ3v) is 5.70. The molecule has 36 heavy (non-hydrogen) atoms. The number of benzene rings is 1. The van der Waals surface area contributed by atoms with Gasteiger partial charge in [-0.05, 0) is 47.0 Å². The van der Waals surface area contributed by atoms with Crippen LogP contribution < -0.4 is 5.32 Å². The molecular weight excluding hydrogens is 468 g/mol. The molecule has 0 bridgehead atoms. The lowest BCUT2D eigenvalue weighted by Crippen LogP contribution is -2.33. The monoisotopic (exact) mass is 504 g/mol. The number of carbonyl (C=O) groups is 2. The fourth-order valence-corrected chi connectivity index (χ4v) is 4.05. The van der Waals surface area contributed by atoms with Crippen molar-refractivity contribution in [2.24, 2.45) is 0 Å². The van der Waals surface area contributed by atoms with Crippen LogP contribution in [0.3, 0.4) is 0 Å². The Kier molecular flexibility index (Phi) is 11.6. The van der Waals surface area contributed by atoms with Crippen molar-refractivity contribution in [2.45, 2.75) is 65.4 Å². The molecule has 0 fully saturated rings. The summed E-state index contributed by atoms with van der Waals surface area (Å²) in [7, 11) is 0. The molecular formula is C26H36N2O8. The lowest BCUT2D eigenvalue weighted by Gasteiger charge is -2.30. The zero-order chi connectivity index (χ0) is 26.7. The normalized spacial score (nSPS) is 15.7. The van der Waals surface area contributed by atoms with Crippen LogP contribution in [0.5, 0.6) is 0 Å². The smallest absolute Gasteiger partial charge is 0.336 e. The summed E-state index contributed by atoms with van der Waals surface area (Å²) in [5.74, 6) is -2.41. The second-order valence-electron chi connectivity index (χ2n) is 8.78. The largest absolute Gasteiger partial charge is 0.462 e. The van der Waals surface area contributed by atoms with Gasteiger partial charge in [0.1, 0.15) is 6.61 Å². The van der Waals surface area contributed by atoms with Gasteiger partial charge in [-0.15, -0.1) is 0 Å². The summed E-state index contributed by atoms with van der Waals surface area (Å²) in [5, 5.41) is 23.8. The predicted molar refractivity (Wildman–Crippen MR) is 133 cm³/mol. The molecule has 0 saturated heterocycles. The van der Waals surface area contributed by atoms with Gasteiger partial charge in [0.05, 0.1) is 41.3 Å². The van der Waals surface area contributed by atoms with Gasteiger partial charge in [-0.2, -0.15) is 0 Å². The number of hydrogen-bond donors (Lipinski definition) is 2. The number of esters is 2. The van der Waals surface area contributed by atoms with Crippen LogP contribution in [0.4, 0.5) is 5.69 Å². The first-order chi connectivity index (χ1) is 17.2. The van der Waals surface area contributed by atoms with Crippen LogP contribution in [0.25, 0.3) is 0 Å². The fraction of sp³-hybridized carbons (Fsp3) is 0.538. The van der Waals surface area contributed by atoms with Gasteiger partial charge < -0.3 is 24.6 Å². The number of para-hydroxylation sites is 1. The lowest BCUT2D eigenvalue weighted by atomic mass is 9.79. The lowest BCUT2D eigenvalue weighted by molar-refractivity contribution is -0.385. The maximum atomic E-state index is 13.2. The minimum Gasteiger partial charge on any atom is -0.462 e. The SMILES string of the molecule is CC1=C(C(=O)OCCCCCCO)C(c2ccccc2[N+](=O)[O-])C(C(=O)OCCOC(C)C)=C(C)N1. The van der Waals surface area contributed by atoms with Crippen molar-refractivity contribution < 1.29 is 33.8 Å². The van der Waals surface area contributed by atoms with Crippen LogP contribution in [-0.2, 0) is 23.8 Å². The van der Waals surface area contributed by atoms with E-state index in [0.717, 1.165) is 12.8 Å². The Labute approximate surface area is 211 Å². The van der Waals surface area contributed by atoms with Crippen LogP contribution in [0.1, 0.15) is 64.9 Å². The van der Waals surface area contributed by atoms with Crippen LogP contribution in [0.2, 0.25) is 0 Å². The molecule has 1 aliphatic heterocycles. The van der Waals surface area contributed by atoms with E-state index in [4.69, 9.17) is 19.3 Å². The second-order valence-corrected chi connectivity index (χ2v) is 8.78. The van der Waals surface area contributed by atoms with E-state index in [1.165, 1.54) is 18.2 Å². The highest BCUT2D eigenvalue weighted by atomic mass is 16.6. The molecule has 1 aromatic carbocycles. The van der Waals surface area contributed by atoms with Gasteiger partial charge in [0.2, 0.25) is 0 Å². The Morgan fingerprint density at radius 3 is 2.14 bits per heavy atom. The highest BCUT2D eigenvalue weighted by molar-refractivity contribution is 6.00. The average Bonchev–Trinajstić information content (AvgIpc) is 2.83. The topological polar surface area (TPSA) is 137 Å². The van der Waals surface area contributed by atoms with Gasteiger partial charge in [-0.25, -0.2) is 9.59 Å². The zero-order valence-corrected chi connectivity index (χ0v) is 21.4. The minimum absolute atomic E-state index is 0.00624. The summed E-state index contributed by atoms with van der Waals surface area (Å²) in [6.07, 6.45) is 2.86. The molecule has 1 unspecified atom stereocenters. The molecule has 0 spiro atoms. The second kappa shape index (κ2) is 14.4. The van der Waals surface area contributed by atoms with Crippen LogP contribution in [0, 0.1) is 10.1 Å². The van der Waals surface area contributed by atoms with E-state index in [1.807, 2.05) is 13.8 Å². The molecule has 0 amide bonds. The van der Waals surface area contributed by atoms with E-state index in [2.05, 4.69) is 5.32 Å². The summed E-state index contributed by atoms with van der Waals surface area (Å²) in [6, 6.07) is 6.03. The van der Waals surface area contributed by atoms with Crippen molar-refractivity contribution in [2.75, 3.05) is 26.4 Å². The van der Waals surface area contributed by atoms with Crippen molar-refractivity contribution in [1.82, 2.24) is 5.32 Å². The number of allylic oxidation sites excluding steroid dienone is 2. The first-order valence-corrected chi connectivity index (χ1v) is 12.2. The summed E-state index contributed by atoms with van der Waals surface area (Å²) in [6.45, 7) is 7.51. The Morgan fingerprint density at radius 1 is 0.972 bits per heavy atom. The molecule has 1 heterocycles. The average molecular weight is 505 g/mol. The molecule has 0 aromatic heterocycles. The number of aliphatic hydroxyl groups is 1. The highest BCUT2D eigenvalue weighted by Gasteiger charge is 2.40. The summed E-state index contributed by atoms with van der Waals surface area (Å²) < 4.78 is 16.4. The Balaban J connectivity index is 2.39. The van der Waals surface area contributed by atoms with E-state index in [0.29, 0.717) is 24.2 Å². The van der Waals surface area contributed by atoms with E-state index in [9.17, 15) is 19.7 Å². The van der Waals surface area contributed by atoms with Gasteiger partial charge in [0, 0.05) is 29.6 Å². The Hall–Kier alpha value is -3.24.